The van der Waals surface area contributed by atoms with E-state index in [1.54, 1.807) is 0 Å². The summed E-state index contributed by atoms with van der Waals surface area (Å²) in [7, 11) is 0. The molecule has 1 aromatic rings. The number of hydrogen-bond donors (Lipinski definition) is 0. The minimum Gasteiger partial charge on any atom is -0.451 e. The van der Waals surface area contributed by atoms with Crippen LogP contribution in [0.4, 0.5) is 0 Å². The van der Waals surface area contributed by atoms with Gasteiger partial charge in [0.05, 0.1) is 0 Å². The van der Waals surface area contributed by atoms with Crippen LogP contribution in [0.5, 0.6) is 0 Å². The van der Waals surface area contributed by atoms with Gasteiger partial charge in [0.25, 0.3) is 6.47 Å². The first-order chi connectivity index (χ1) is 6.36. The molecule has 0 aliphatic carbocycles. The largest absolute Gasteiger partial charge is 0.451 e. The average molecular weight is 174 g/mol. The topological polar surface area (TPSA) is 26.3 Å². The summed E-state index contributed by atoms with van der Waals surface area (Å²) >= 11 is 0. The normalized spacial score (nSPS) is 11.3. The van der Waals surface area contributed by atoms with Crippen LogP contribution in [-0.2, 0) is 16.0 Å². The van der Waals surface area contributed by atoms with Gasteiger partial charge in [0, 0.05) is 6.42 Å². The van der Waals surface area contributed by atoms with Gasteiger partial charge in [-0.25, -0.2) is 0 Å². The number of rotatable bonds is 4. The molecule has 0 aromatic heterocycles. The molecule has 0 aliphatic heterocycles. The maximum atomic E-state index is 10.0. The van der Waals surface area contributed by atoms with E-state index in [0.717, 1.165) is 5.56 Å². The second kappa shape index (κ2) is 5.00. The lowest BCUT2D eigenvalue weighted by Crippen LogP contribution is -2.12. The number of ether oxygens (including phenoxy) is 1. The molecule has 1 rings (SSSR count). The Morgan fingerprint density at radius 3 is 2.69 bits per heavy atom. The minimum absolute atomic E-state index is 0.382. The lowest BCUT2D eigenvalue weighted by atomic mass is 10.1. The molecule has 1 unspecified atom stereocenters. The molecule has 0 saturated heterocycles. The summed E-state index contributed by atoms with van der Waals surface area (Å²) in [5.41, 5.74) is 1.06. The fourth-order valence-electron chi connectivity index (χ4n) is 1.04. The average Bonchev–Trinajstić information content (AvgIpc) is 2.19. The SMILES string of the molecule is C#CC(Cc1ccccc1)OC=O. The summed E-state index contributed by atoms with van der Waals surface area (Å²) in [5, 5.41) is 0. The molecule has 66 valence electrons. The van der Waals surface area contributed by atoms with Gasteiger partial charge in [-0.3, -0.25) is 4.79 Å². The molecule has 0 saturated carbocycles. The van der Waals surface area contributed by atoms with E-state index in [2.05, 4.69) is 10.7 Å². The highest BCUT2D eigenvalue weighted by molar-refractivity contribution is 5.38. The predicted octanol–water partition coefficient (Wildman–Crippen LogP) is 1.40. The number of benzene rings is 1. The molecule has 1 atom stereocenters. The van der Waals surface area contributed by atoms with E-state index in [9.17, 15) is 4.79 Å². The van der Waals surface area contributed by atoms with Gasteiger partial charge in [0.1, 0.15) is 0 Å². The van der Waals surface area contributed by atoms with Crippen molar-refractivity contribution in [1.29, 1.82) is 0 Å². The monoisotopic (exact) mass is 174 g/mol. The molecular weight excluding hydrogens is 164 g/mol. The summed E-state index contributed by atoms with van der Waals surface area (Å²) in [4.78, 5) is 10.0. The van der Waals surface area contributed by atoms with Crippen LogP contribution in [0.3, 0.4) is 0 Å². The van der Waals surface area contributed by atoms with E-state index in [0.29, 0.717) is 12.9 Å². The van der Waals surface area contributed by atoms with E-state index >= 15 is 0 Å². The van der Waals surface area contributed by atoms with Crippen molar-refractivity contribution in [2.24, 2.45) is 0 Å². The highest BCUT2D eigenvalue weighted by atomic mass is 16.5. The Bertz CT molecular complexity index is 298. The zero-order valence-corrected chi connectivity index (χ0v) is 7.14. The molecule has 0 spiro atoms. The van der Waals surface area contributed by atoms with Crippen LogP contribution in [0, 0.1) is 12.3 Å². The lowest BCUT2D eigenvalue weighted by molar-refractivity contribution is -0.131. The van der Waals surface area contributed by atoms with Crippen molar-refractivity contribution >= 4 is 6.47 Å². The Kier molecular flexibility index (Phi) is 3.59. The number of carbonyl (C=O) groups excluding carboxylic acids is 1. The Morgan fingerprint density at radius 2 is 2.15 bits per heavy atom. The van der Waals surface area contributed by atoms with Gasteiger partial charge in [-0.05, 0) is 5.56 Å². The zero-order chi connectivity index (χ0) is 9.52. The van der Waals surface area contributed by atoms with E-state index < -0.39 is 6.10 Å². The van der Waals surface area contributed by atoms with Crippen molar-refractivity contribution in [3.05, 3.63) is 35.9 Å². The molecule has 0 heterocycles. The van der Waals surface area contributed by atoms with Crippen LogP contribution in [0.15, 0.2) is 30.3 Å². The van der Waals surface area contributed by atoms with E-state index in [4.69, 9.17) is 6.42 Å². The summed E-state index contributed by atoms with van der Waals surface area (Å²) < 4.78 is 4.68. The van der Waals surface area contributed by atoms with Gasteiger partial charge in [-0.15, -0.1) is 6.42 Å². The van der Waals surface area contributed by atoms with Crippen molar-refractivity contribution in [1.82, 2.24) is 0 Å². The second-order valence-corrected chi connectivity index (χ2v) is 2.58. The fourth-order valence-corrected chi connectivity index (χ4v) is 1.04. The Balaban J connectivity index is 2.58. The van der Waals surface area contributed by atoms with Gasteiger partial charge in [0.2, 0.25) is 0 Å². The Labute approximate surface area is 77.5 Å². The Hall–Kier alpha value is -1.75. The van der Waals surface area contributed by atoms with Crippen molar-refractivity contribution in [3.8, 4) is 12.3 Å². The molecule has 13 heavy (non-hydrogen) atoms. The molecule has 2 heteroatoms. The van der Waals surface area contributed by atoms with Gasteiger partial charge in [-0.2, -0.15) is 0 Å². The third-order valence-corrected chi connectivity index (χ3v) is 1.67. The maximum Gasteiger partial charge on any atom is 0.294 e. The van der Waals surface area contributed by atoms with Crippen LogP contribution < -0.4 is 0 Å². The molecular formula is C11H10O2. The van der Waals surface area contributed by atoms with Crippen molar-refractivity contribution < 1.29 is 9.53 Å². The first kappa shape index (κ1) is 9.34. The molecule has 0 amide bonds. The van der Waals surface area contributed by atoms with Crippen molar-refractivity contribution in [2.45, 2.75) is 12.5 Å². The molecule has 0 aliphatic rings. The van der Waals surface area contributed by atoms with Crippen LogP contribution in [0.2, 0.25) is 0 Å². The summed E-state index contributed by atoms with van der Waals surface area (Å²) in [6.45, 7) is 0.382. The summed E-state index contributed by atoms with van der Waals surface area (Å²) in [6.07, 6.45) is 5.28. The highest BCUT2D eigenvalue weighted by Crippen LogP contribution is 2.04. The van der Waals surface area contributed by atoms with Crippen LogP contribution in [0.25, 0.3) is 0 Å². The van der Waals surface area contributed by atoms with Crippen molar-refractivity contribution in [3.63, 3.8) is 0 Å². The quantitative estimate of drug-likeness (QED) is 0.509. The predicted molar refractivity (Wildman–Crippen MR) is 49.9 cm³/mol. The number of hydrogen-bond acceptors (Lipinski definition) is 2. The molecule has 2 nitrogen and oxygen atoms in total. The highest BCUT2D eigenvalue weighted by Gasteiger charge is 2.04. The van der Waals surface area contributed by atoms with Crippen molar-refractivity contribution in [2.75, 3.05) is 0 Å². The molecule has 0 radical (unpaired) electrons. The zero-order valence-electron chi connectivity index (χ0n) is 7.14. The third-order valence-electron chi connectivity index (χ3n) is 1.67. The lowest BCUT2D eigenvalue weighted by Gasteiger charge is -2.07. The minimum atomic E-state index is -0.458. The molecule has 0 bridgehead atoms. The van der Waals surface area contributed by atoms with E-state index in [1.807, 2.05) is 30.3 Å². The number of terminal acetylenes is 1. The van der Waals surface area contributed by atoms with Gasteiger partial charge < -0.3 is 4.74 Å². The summed E-state index contributed by atoms with van der Waals surface area (Å²) in [5.74, 6) is 2.40. The first-order valence-corrected chi connectivity index (χ1v) is 3.96. The Morgan fingerprint density at radius 1 is 1.46 bits per heavy atom. The molecule has 0 N–H and O–H groups in total. The van der Waals surface area contributed by atoms with E-state index in [-0.39, 0.29) is 0 Å². The van der Waals surface area contributed by atoms with Gasteiger partial charge in [0.15, 0.2) is 6.10 Å². The van der Waals surface area contributed by atoms with Crippen LogP contribution in [-0.4, -0.2) is 12.6 Å². The maximum absolute atomic E-state index is 10.0. The fraction of sp³-hybridized carbons (Fsp3) is 0.182. The standard InChI is InChI=1S/C11H10O2/c1-2-11(13-9-12)8-10-6-4-3-5-7-10/h1,3-7,9,11H,8H2. The van der Waals surface area contributed by atoms with Crippen LogP contribution >= 0.6 is 0 Å². The first-order valence-electron chi connectivity index (χ1n) is 3.96. The van der Waals surface area contributed by atoms with E-state index in [1.165, 1.54) is 0 Å². The second-order valence-electron chi connectivity index (χ2n) is 2.58. The molecule has 0 fully saturated rings. The molecule has 1 aromatic carbocycles. The third kappa shape index (κ3) is 3.00. The summed E-state index contributed by atoms with van der Waals surface area (Å²) in [6, 6.07) is 9.65. The van der Waals surface area contributed by atoms with Gasteiger partial charge in [-0.1, -0.05) is 36.3 Å². The smallest absolute Gasteiger partial charge is 0.294 e. The van der Waals surface area contributed by atoms with Gasteiger partial charge >= 0.3 is 0 Å². The number of carbonyl (C=O) groups is 1. The van der Waals surface area contributed by atoms with Crippen LogP contribution in [0.1, 0.15) is 5.56 Å².